The van der Waals surface area contributed by atoms with Gasteiger partial charge in [-0.1, -0.05) is 0 Å². The number of ether oxygens (including phenoxy) is 4. The van der Waals surface area contributed by atoms with E-state index in [1.54, 1.807) is 0 Å². The van der Waals surface area contributed by atoms with Crippen LogP contribution in [0.4, 0.5) is 0 Å². The lowest BCUT2D eigenvalue weighted by atomic mass is 9.93. The quantitative estimate of drug-likeness (QED) is 0.0372. The number of nitrogens with one attached hydrogen (secondary N) is 2. The van der Waals surface area contributed by atoms with Crippen molar-refractivity contribution < 1.29 is 140 Å². The zero-order chi connectivity index (χ0) is 63.5. The number of amides is 2. The number of benzene rings is 6. The third kappa shape index (κ3) is 13.7. The summed E-state index contributed by atoms with van der Waals surface area (Å²) in [6.45, 7) is 2.20. The summed E-state index contributed by atoms with van der Waals surface area (Å²) in [7, 11) is 0. The lowest BCUT2D eigenvalue weighted by Gasteiger charge is -2.35. The maximum absolute atomic E-state index is 13.1. The molecule has 0 bridgehead atoms. The van der Waals surface area contributed by atoms with Crippen LogP contribution in [0.1, 0.15) is 69.0 Å². The molecule has 0 saturated heterocycles. The second-order valence-corrected chi connectivity index (χ2v) is 20.9. The highest BCUT2D eigenvalue weighted by Crippen LogP contribution is 2.53. The fraction of sp³-hybridized carbons (Fsp3) is 0.222. The minimum absolute atomic E-state index is 0.0839. The van der Waals surface area contributed by atoms with Gasteiger partial charge in [-0.05, 0) is 36.4 Å². The van der Waals surface area contributed by atoms with Gasteiger partial charge in [0.15, 0.2) is 69.7 Å². The first-order valence-electron chi connectivity index (χ1n) is 24.5. The zero-order valence-electron chi connectivity index (χ0n) is 44.0. The number of hydrogen-bond donors (Lipinski definition) is 20. The van der Waals surface area contributed by atoms with Gasteiger partial charge in [0.2, 0.25) is 23.3 Å². The Morgan fingerprint density at radius 3 is 1.07 bits per heavy atom. The van der Waals surface area contributed by atoms with Crippen LogP contribution in [0.5, 0.6) is 103 Å². The van der Waals surface area contributed by atoms with Gasteiger partial charge in [0.05, 0.1) is 20.9 Å². The van der Waals surface area contributed by atoms with E-state index < -0.39 is 175 Å². The minimum Gasteiger partial charge on any atom is -0.508 e. The number of phenols is 16. The Labute approximate surface area is 489 Å². The highest BCUT2D eigenvalue weighted by atomic mass is 32.2. The van der Waals surface area contributed by atoms with Crippen molar-refractivity contribution in [3.8, 4) is 103 Å². The topological polar surface area (TPSA) is 528 Å². The first-order valence-corrected chi connectivity index (χ1v) is 26.5. The number of rotatable bonds is 16. The van der Waals surface area contributed by atoms with Crippen LogP contribution >= 0.6 is 23.5 Å². The number of phenolic OH excluding ortho intramolecular Hbond substituents is 16. The predicted octanol–water partition coefficient (Wildman–Crippen LogP) is 3.83. The van der Waals surface area contributed by atoms with Gasteiger partial charge in [-0.3, -0.25) is 9.59 Å². The van der Waals surface area contributed by atoms with E-state index in [9.17, 15) is 121 Å². The summed E-state index contributed by atoms with van der Waals surface area (Å²) in [4.78, 5) is 72.0. The Hall–Kier alpha value is -10.8. The zero-order valence-corrected chi connectivity index (χ0v) is 45.6. The molecule has 456 valence electrons. The molecule has 2 unspecified atom stereocenters. The Balaban J connectivity index is 0.000000246. The molecule has 30 nitrogen and oxygen atoms in total. The van der Waals surface area contributed by atoms with Crippen molar-refractivity contribution in [3.63, 3.8) is 0 Å². The molecule has 2 aliphatic rings. The van der Waals surface area contributed by atoms with E-state index in [2.05, 4.69) is 10.6 Å². The highest BCUT2D eigenvalue weighted by Gasteiger charge is 2.42. The van der Waals surface area contributed by atoms with E-state index in [0.29, 0.717) is 23.5 Å². The minimum atomic E-state index is -1.46. The van der Waals surface area contributed by atoms with Gasteiger partial charge >= 0.3 is 23.9 Å². The molecule has 6 atom stereocenters. The molecular formula is C54H50N2O28S2. The average molecular weight is 1240 g/mol. The lowest BCUT2D eigenvalue weighted by Crippen LogP contribution is -2.41. The van der Waals surface area contributed by atoms with E-state index in [4.69, 9.17) is 18.9 Å². The first-order chi connectivity index (χ1) is 40.3. The maximum Gasteiger partial charge on any atom is 0.338 e. The Kier molecular flexibility index (Phi) is 18.5. The molecule has 0 spiro atoms. The summed E-state index contributed by atoms with van der Waals surface area (Å²) in [5.41, 5.74) is -0.904. The highest BCUT2D eigenvalue weighted by molar-refractivity contribution is 7.99. The van der Waals surface area contributed by atoms with Crippen molar-refractivity contribution in [1.29, 1.82) is 0 Å². The molecule has 0 aliphatic carbocycles. The Bertz CT molecular complexity index is 3440. The summed E-state index contributed by atoms with van der Waals surface area (Å²) < 4.78 is 23.1. The molecule has 0 radical (unpaired) electrons. The van der Waals surface area contributed by atoms with Gasteiger partial charge in [-0.2, -0.15) is 0 Å². The number of hydrogen-bond acceptors (Lipinski definition) is 28. The third-order valence-corrected chi connectivity index (χ3v) is 15.1. The number of aliphatic carboxylic acids is 2. The number of fused-ring (bicyclic) bond motifs is 2. The maximum atomic E-state index is 13.1. The SMILES string of the molecule is CC(=O)NC(CSc1c([C@@H]2Oc3cc(O)cc(O)c3C[C@H]2OC(=O)c2cc(O)c(O)c(O)c2)cc(O)c(O)c1O)C(=O)O.CC(=O)NC(CSc1c([C@H]2Oc3cc(O)cc(O)c3C[C@H]2OC(=O)c2cc(O)c(O)c(O)c2)cc(O)c(O)c1O)C(=O)O. The van der Waals surface area contributed by atoms with E-state index in [1.165, 1.54) is 0 Å². The lowest BCUT2D eigenvalue weighted by molar-refractivity contribution is -0.141. The summed E-state index contributed by atoms with van der Waals surface area (Å²) in [6.07, 6.45) is -6.29. The van der Waals surface area contributed by atoms with E-state index >= 15 is 0 Å². The number of carbonyl (C=O) groups excluding carboxylic acids is 4. The van der Waals surface area contributed by atoms with Crippen LogP contribution in [0.2, 0.25) is 0 Å². The van der Waals surface area contributed by atoms with Crippen molar-refractivity contribution >= 4 is 59.2 Å². The number of carboxylic acid groups (broad SMARTS) is 2. The molecular weight excluding hydrogens is 1190 g/mol. The number of carboxylic acids is 2. The van der Waals surface area contributed by atoms with Gasteiger partial charge in [0.1, 0.15) is 58.8 Å². The van der Waals surface area contributed by atoms with Gasteiger partial charge < -0.3 is 121 Å². The fourth-order valence-electron chi connectivity index (χ4n) is 8.68. The van der Waals surface area contributed by atoms with Crippen molar-refractivity contribution in [3.05, 3.63) is 94.0 Å². The van der Waals surface area contributed by atoms with Crippen LogP contribution in [-0.2, 0) is 41.5 Å². The van der Waals surface area contributed by atoms with Crippen molar-refractivity contribution in [1.82, 2.24) is 10.6 Å². The normalized spacial score (nSPS) is 16.4. The molecule has 2 amide bonds. The number of esters is 2. The number of thioether (sulfide) groups is 2. The fourth-order valence-corrected chi connectivity index (χ4v) is 10.9. The molecule has 6 aromatic rings. The molecule has 32 heteroatoms. The Morgan fingerprint density at radius 2 is 0.767 bits per heavy atom. The summed E-state index contributed by atoms with van der Waals surface area (Å²) in [5.74, 6) is -19.5. The predicted molar refractivity (Wildman–Crippen MR) is 290 cm³/mol. The molecule has 8 rings (SSSR count). The average Bonchev–Trinajstić information content (AvgIpc) is 1.11. The van der Waals surface area contributed by atoms with Crippen LogP contribution in [0.3, 0.4) is 0 Å². The Morgan fingerprint density at radius 1 is 0.453 bits per heavy atom. The number of aromatic hydroxyl groups is 16. The molecule has 0 aromatic heterocycles. The van der Waals surface area contributed by atoms with Gasteiger partial charge in [-0.25, -0.2) is 19.2 Å². The van der Waals surface area contributed by atoms with E-state index in [1.807, 2.05) is 0 Å². The first kappa shape index (κ1) is 62.8. The molecule has 0 fully saturated rings. The van der Waals surface area contributed by atoms with E-state index in [-0.39, 0.29) is 67.9 Å². The second kappa shape index (κ2) is 25.4. The van der Waals surface area contributed by atoms with Crippen molar-refractivity contribution in [2.75, 3.05) is 11.5 Å². The van der Waals surface area contributed by atoms with Crippen molar-refractivity contribution in [2.24, 2.45) is 0 Å². The molecule has 2 aliphatic heterocycles. The van der Waals surface area contributed by atoms with Crippen molar-refractivity contribution in [2.45, 2.75) is 73.0 Å². The van der Waals surface area contributed by atoms with Crippen LogP contribution in [0, 0.1) is 0 Å². The van der Waals surface area contributed by atoms with Crippen LogP contribution in [0.15, 0.2) is 70.5 Å². The smallest absolute Gasteiger partial charge is 0.338 e. The monoisotopic (exact) mass is 1240 g/mol. The summed E-state index contributed by atoms with van der Waals surface area (Å²) in [6, 6.07) is 6.56. The van der Waals surface area contributed by atoms with Crippen LogP contribution in [-0.4, -0.2) is 163 Å². The summed E-state index contributed by atoms with van der Waals surface area (Å²) >= 11 is 1.30. The third-order valence-electron chi connectivity index (χ3n) is 12.7. The standard InChI is InChI=1S/2C27H25NO14S/c2*1-9(29)28-14(26(38)39)8-43-25-13(6-18(34)22(36)23(25)37)24-20(7-12-15(31)4-11(30)5-19(12)41-24)42-27(40)10-2-16(32)21(35)17(33)3-10/h2*2-6,14,20,24,30-37H,7-8H2,1H3,(H,28,29)(H,38,39)/t14?,20-,24+;14?,20-,24-/m11/s1. The molecule has 6 aromatic carbocycles. The van der Waals surface area contributed by atoms with E-state index in [0.717, 1.165) is 74.5 Å². The van der Waals surface area contributed by atoms with Crippen LogP contribution < -0.4 is 20.1 Å². The molecule has 20 N–H and O–H groups in total. The largest absolute Gasteiger partial charge is 0.508 e. The molecule has 0 saturated carbocycles. The summed E-state index contributed by atoms with van der Waals surface area (Å²) in [5, 5.41) is 186. The van der Waals surface area contributed by atoms with Gasteiger partial charge in [0.25, 0.3) is 0 Å². The number of carbonyl (C=O) groups is 6. The van der Waals surface area contributed by atoms with Gasteiger partial charge in [-0.15, -0.1) is 23.5 Å². The molecule has 2 heterocycles. The molecule has 86 heavy (non-hydrogen) atoms. The second-order valence-electron chi connectivity index (χ2n) is 18.8. The van der Waals surface area contributed by atoms with Gasteiger partial charge in [0, 0.05) is 84.7 Å². The van der Waals surface area contributed by atoms with Crippen LogP contribution in [0.25, 0.3) is 0 Å².